The molecule has 1 aromatic heterocycles. The molecule has 6 nitrogen and oxygen atoms in total. The highest BCUT2D eigenvalue weighted by atomic mass is 16.4. The van der Waals surface area contributed by atoms with Gasteiger partial charge >= 0.3 is 5.97 Å². The number of carbonyl (C=O) groups is 1. The van der Waals surface area contributed by atoms with Crippen LogP contribution in [0, 0.1) is 5.41 Å². The van der Waals surface area contributed by atoms with Gasteiger partial charge in [0.2, 0.25) is 0 Å². The molecule has 0 aliphatic carbocycles. The van der Waals surface area contributed by atoms with Gasteiger partial charge in [-0.1, -0.05) is 33.4 Å². The Balaban J connectivity index is 0. The number of hydrogen-bond donors (Lipinski definition) is 2. The summed E-state index contributed by atoms with van der Waals surface area (Å²) in [7, 11) is 0. The molecule has 17 heavy (non-hydrogen) atoms. The maximum absolute atomic E-state index is 10.0. The first-order valence-electron chi connectivity index (χ1n) is 5.02. The fourth-order valence-electron chi connectivity index (χ4n) is 0.480. The highest BCUT2D eigenvalue weighted by Crippen LogP contribution is 2.15. The number of nitrogens with zero attached hydrogens (tertiary/aromatic N) is 3. The monoisotopic (exact) mass is 244 g/mol. The first-order chi connectivity index (χ1) is 7.05. The highest BCUT2D eigenvalue weighted by molar-refractivity contribution is 5.72. The molecule has 1 aromatic rings. The van der Waals surface area contributed by atoms with Crippen LogP contribution in [0.2, 0.25) is 0 Å². The Labute approximate surface area is 103 Å². The summed E-state index contributed by atoms with van der Waals surface area (Å²) in [4.78, 5) is 10.0. The molecular formula is C11H24N4O2. The number of hydrogen-bond acceptors (Lipinski definition) is 4. The Morgan fingerprint density at radius 2 is 1.59 bits per heavy atom. The molecule has 1 rings (SSSR count). The summed E-state index contributed by atoms with van der Waals surface area (Å²) in [6.45, 7) is 11.1. The standard InChI is InChI=1S/C5H10N4.C5H10O2.CH4/c1-5(2,3)4-6-8-9-7-4;1-5(2,3)4(6)7;/h1-3H3,(H,6,7,8,9);1-3H3,(H,6,7);1H4. The second kappa shape index (κ2) is 6.32. The molecule has 0 unspecified atom stereocenters. The summed E-state index contributed by atoms with van der Waals surface area (Å²) >= 11 is 0. The van der Waals surface area contributed by atoms with Crippen molar-refractivity contribution in [2.45, 2.75) is 54.4 Å². The molecule has 0 spiro atoms. The Kier molecular flexibility index (Phi) is 6.66. The van der Waals surface area contributed by atoms with Crippen molar-refractivity contribution >= 4 is 5.97 Å². The second-order valence-electron chi connectivity index (χ2n) is 5.54. The number of carboxylic acid groups (broad SMARTS) is 1. The summed E-state index contributed by atoms with van der Waals surface area (Å²) in [5.74, 6) is -0.00463. The Morgan fingerprint density at radius 3 is 1.71 bits per heavy atom. The van der Waals surface area contributed by atoms with Crippen molar-refractivity contribution in [1.29, 1.82) is 0 Å². The van der Waals surface area contributed by atoms with Gasteiger partial charge in [0.25, 0.3) is 0 Å². The van der Waals surface area contributed by atoms with Crippen molar-refractivity contribution in [3.63, 3.8) is 0 Å². The molecule has 1 heterocycles. The van der Waals surface area contributed by atoms with E-state index < -0.39 is 11.4 Å². The van der Waals surface area contributed by atoms with E-state index in [4.69, 9.17) is 5.11 Å². The van der Waals surface area contributed by atoms with E-state index in [1.54, 1.807) is 20.8 Å². The molecule has 0 radical (unpaired) electrons. The number of rotatable bonds is 0. The fourth-order valence-corrected chi connectivity index (χ4v) is 0.480. The molecule has 0 fully saturated rings. The van der Waals surface area contributed by atoms with Crippen LogP contribution in [0.4, 0.5) is 0 Å². The zero-order valence-corrected chi connectivity index (χ0v) is 10.7. The minimum absolute atomic E-state index is 0. The molecule has 0 atom stereocenters. The van der Waals surface area contributed by atoms with Crippen molar-refractivity contribution in [3.8, 4) is 0 Å². The van der Waals surface area contributed by atoms with Crippen LogP contribution in [0.3, 0.4) is 0 Å². The maximum atomic E-state index is 10.0. The zero-order chi connectivity index (χ0) is 13.0. The molecule has 6 heteroatoms. The van der Waals surface area contributed by atoms with Crippen molar-refractivity contribution in [3.05, 3.63) is 5.82 Å². The van der Waals surface area contributed by atoms with Gasteiger partial charge in [-0.2, -0.15) is 5.21 Å². The van der Waals surface area contributed by atoms with Crippen LogP contribution in [-0.4, -0.2) is 31.7 Å². The number of carboxylic acids is 1. The lowest BCUT2D eigenvalue weighted by Crippen LogP contribution is -2.18. The van der Waals surface area contributed by atoms with Crippen LogP contribution in [-0.2, 0) is 10.2 Å². The third kappa shape index (κ3) is 7.43. The van der Waals surface area contributed by atoms with Gasteiger partial charge in [0, 0.05) is 5.41 Å². The summed E-state index contributed by atoms with van der Waals surface area (Å²) in [6, 6.07) is 0. The topological polar surface area (TPSA) is 91.8 Å². The average Bonchev–Trinajstić information content (AvgIpc) is 2.52. The third-order valence-corrected chi connectivity index (χ3v) is 1.66. The summed E-state index contributed by atoms with van der Waals surface area (Å²) in [6.07, 6.45) is 0. The minimum atomic E-state index is -0.757. The first-order valence-corrected chi connectivity index (χ1v) is 5.02. The van der Waals surface area contributed by atoms with Crippen molar-refractivity contribution in [2.75, 3.05) is 0 Å². The number of aliphatic carboxylic acids is 1. The molecule has 100 valence electrons. The number of tetrazole rings is 1. The van der Waals surface area contributed by atoms with Crippen molar-refractivity contribution in [2.24, 2.45) is 5.41 Å². The van der Waals surface area contributed by atoms with E-state index in [2.05, 4.69) is 20.6 Å². The van der Waals surface area contributed by atoms with E-state index in [1.807, 2.05) is 20.8 Å². The molecule has 0 bridgehead atoms. The molecule has 0 aliphatic heterocycles. The van der Waals surface area contributed by atoms with E-state index in [0.29, 0.717) is 0 Å². The smallest absolute Gasteiger partial charge is 0.308 e. The van der Waals surface area contributed by atoms with Crippen LogP contribution in [0.5, 0.6) is 0 Å². The molecule has 0 aliphatic rings. The Hall–Kier alpha value is -1.46. The number of aromatic amines is 1. The lowest BCUT2D eigenvalue weighted by molar-refractivity contribution is -0.145. The average molecular weight is 244 g/mol. The first kappa shape index (κ1) is 17.9. The molecule has 2 N–H and O–H groups in total. The predicted octanol–water partition coefficient (Wildman–Crippen LogP) is 2.25. The normalized spacial score (nSPS) is 10.9. The summed E-state index contributed by atoms with van der Waals surface area (Å²) < 4.78 is 0. The number of aromatic nitrogens is 4. The minimum Gasteiger partial charge on any atom is -0.481 e. The van der Waals surface area contributed by atoms with Gasteiger partial charge in [-0.25, -0.2) is 0 Å². The van der Waals surface area contributed by atoms with E-state index >= 15 is 0 Å². The van der Waals surface area contributed by atoms with Gasteiger partial charge in [-0.05, 0) is 20.8 Å². The highest BCUT2D eigenvalue weighted by Gasteiger charge is 2.19. The van der Waals surface area contributed by atoms with Gasteiger partial charge in [0.1, 0.15) is 0 Å². The number of H-pyrrole nitrogens is 1. The Bertz CT molecular complexity index is 320. The van der Waals surface area contributed by atoms with Gasteiger partial charge in [-0.3, -0.25) is 4.79 Å². The molecule has 0 aromatic carbocycles. The van der Waals surface area contributed by atoms with Gasteiger partial charge in [0.15, 0.2) is 5.82 Å². The lowest BCUT2D eigenvalue weighted by atomic mass is 9.96. The Morgan fingerprint density at radius 1 is 1.18 bits per heavy atom. The van der Waals surface area contributed by atoms with E-state index in [-0.39, 0.29) is 12.8 Å². The molecule has 0 saturated heterocycles. The fraction of sp³-hybridized carbons (Fsp3) is 0.818. The summed E-state index contributed by atoms with van der Waals surface area (Å²) in [5, 5.41) is 21.8. The van der Waals surface area contributed by atoms with Gasteiger partial charge in [0.05, 0.1) is 5.41 Å². The largest absolute Gasteiger partial charge is 0.481 e. The molecule has 0 amide bonds. The molecular weight excluding hydrogens is 220 g/mol. The van der Waals surface area contributed by atoms with E-state index in [9.17, 15) is 4.79 Å². The lowest BCUT2D eigenvalue weighted by Gasteiger charge is -2.10. The maximum Gasteiger partial charge on any atom is 0.308 e. The van der Waals surface area contributed by atoms with Crippen molar-refractivity contribution in [1.82, 2.24) is 20.6 Å². The SMILES string of the molecule is C.CC(C)(C)C(=O)O.CC(C)(C)c1nn[nH]n1. The van der Waals surface area contributed by atoms with Gasteiger partial charge < -0.3 is 5.11 Å². The van der Waals surface area contributed by atoms with E-state index in [1.165, 1.54) is 0 Å². The van der Waals surface area contributed by atoms with Crippen LogP contribution in [0.15, 0.2) is 0 Å². The predicted molar refractivity (Wildman–Crippen MR) is 66.7 cm³/mol. The van der Waals surface area contributed by atoms with Crippen LogP contribution in [0.25, 0.3) is 0 Å². The summed E-state index contributed by atoms with van der Waals surface area (Å²) in [5.41, 5.74) is -0.576. The second-order valence-corrected chi connectivity index (χ2v) is 5.54. The quantitative estimate of drug-likeness (QED) is 0.730. The van der Waals surface area contributed by atoms with Crippen molar-refractivity contribution < 1.29 is 9.90 Å². The van der Waals surface area contributed by atoms with Gasteiger partial charge in [-0.15, -0.1) is 10.2 Å². The van der Waals surface area contributed by atoms with Crippen LogP contribution < -0.4 is 0 Å². The van der Waals surface area contributed by atoms with Crippen LogP contribution >= 0.6 is 0 Å². The molecule has 0 saturated carbocycles. The number of nitrogens with one attached hydrogen (secondary N) is 1. The third-order valence-electron chi connectivity index (χ3n) is 1.66. The zero-order valence-electron chi connectivity index (χ0n) is 10.7. The van der Waals surface area contributed by atoms with E-state index in [0.717, 1.165) is 5.82 Å². The van der Waals surface area contributed by atoms with Crippen LogP contribution in [0.1, 0.15) is 54.8 Å².